The molecule has 1 aliphatic carbocycles. The van der Waals surface area contributed by atoms with Crippen LogP contribution in [0.5, 0.6) is 0 Å². The summed E-state index contributed by atoms with van der Waals surface area (Å²) in [6.45, 7) is 6.76. The molecular weight excluding hydrogens is 403 g/mol. The van der Waals surface area contributed by atoms with Crippen LogP contribution in [-0.4, -0.2) is 49.5 Å². The van der Waals surface area contributed by atoms with E-state index in [0.717, 1.165) is 18.3 Å². The average Bonchev–Trinajstić information content (AvgIpc) is 2.52. The number of hydrogen-bond donors (Lipinski definition) is 2. The Bertz CT molecular complexity index is 366. The molecule has 0 bridgehead atoms. The summed E-state index contributed by atoms with van der Waals surface area (Å²) in [4.78, 5) is 17.8. The highest BCUT2D eigenvalue weighted by Crippen LogP contribution is 2.26. The van der Waals surface area contributed by atoms with Crippen molar-refractivity contribution >= 4 is 35.8 Å². The number of carbonyl (C=O) groups is 1. The summed E-state index contributed by atoms with van der Waals surface area (Å²) in [5, 5.41) is 6.93. The van der Waals surface area contributed by atoms with Crippen LogP contribution < -0.4 is 10.6 Å². The molecule has 6 heteroatoms. The highest BCUT2D eigenvalue weighted by molar-refractivity contribution is 14.0. The number of rotatable bonds is 6. The number of halogens is 1. The molecule has 0 spiro atoms. The third kappa shape index (κ3) is 8.77. The third-order valence-corrected chi connectivity index (χ3v) is 4.63. The zero-order valence-electron chi connectivity index (χ0n) is 15.4. The van der Waals surface area contributed by atoms with Gasteiger partial charge < -0.3 is 15.5 Å². The molecule has 0 radical (unpaired) electrons. The van der Waals surface area contributed by atoms with Gasteiger partial charge in [-0.1, -0.05) is 20.3 Å². The predicted molar refractivity (Wildman–Crippen MR) is 108 cm³/mol. The molecule has 1 aliphatic rings. The molecule has 0 aromatic heterocycles. The fourth-order valence-corrected chi connectivity index (χ4v) is 2.66. The van der Waals surface area contributed by atoms with Gasteiger partial charge in [0, 0.05) is 26.2 Å². The second-order valence-corrected chi connectivity index (χ2v) is 6.68. The van der Waals surface area contributed by atoms with E-state index in [-0.39, 0.29) is 36.4 Å². The van der Waals surface area contributed by atoms with Gasteiger partial charge in [-0.05, 0) is 44.9 Å². The van der Waals surface area contributed by atoms with E-state index in [2.05, 4.69) is 36.4 Å². The van der Waals surface area contributed by atoms with Crippen molar-refractivity contribution in [1.82, 2.24) is 15.5 Å². The van der Waals surface area contributed by atoms with Crippen molar-refractivity contribution in [2.24, 2.45) is 10.9 Å². The molecule has 23 heavy (non-hydrogen) atoms. The third-order valence-electron chi connectivity index (χ3n) is 4.63. The number of hydrogen-bond acceptors (Lipinski definition) is 2. The molecule has 1 fully saturated rings. The number of likely N-dealkylation sites (N-methyl/N-ethyl adjacent to an activating group) is 1. The molecule has 1 rings (SSSR count). The number of nitrogens with one attached hydrogen (secondary N) is 2. The topological polar surface area (TPSA) is 56.7 Å². The van der Waals surface area contributed by atoms with Crippen molar-refractivity contribution in [3.8, 4) is 0 Å². The largest absolute Gasteiger partial charge is 0.354 e. The molecule has 0 aromatic carbocycles. The van der Waals surface area contributed by atoms with Crippen LogP contribution in [-0.2, 0) is 4.79 Å². The smallest absolute Gasteiger partial charge is 0.243 e. The number of nitrogens with zero attached hydrogens (tertiary/aromatic N) is 2. The van der Waals surface area contributed by atoms with E-state index in [1.165, 1.54) is 32.1 Å². The summed E-state index contributed by atoms with van der Waals surface area (Å²) in [6.07, 6.45) is 7.30. The lowest BCUT2D eigenvalue weighted by Gasteiger charge is -2.30. The van der Waals surface area contributed by atoms with Crippen LogP contribution in [0.15, 0.2) is 4.99 Å². The van der Waals surface area contributed by atoms with E-state index < -0.39 is 0 Å². The van der Waals surface area contributed by atoms with Crippen LogP contribution in [0.3, 0.4) is 0 Å². The number of carbonyl (C=O) groups excluding carboxylic acids is 1. The Morgan fingerprint density at radius 1 is 1.22 bits per heavy atom. The Hall–Kier alpha value is -0.530. The first-order chi connectivity index (χ1) is 10.5. The molecule has 1 amide bonds. The Kier molecular flexibility index (Phi) is 11.6. The monoisotopic (exact) mass is 438 g/mol. The second-order valence-electron chi connectivity index (χ2n) is 6.68. The van der Waals surface area contributed by atoms with E-state index in [1.807, 2.05) is 0 Å². The Morgan fingerprint density at radius 2 is 1.83 bits per heavy atom. The Balaban J connectivity index is 0.00000484. The average molecular weight is 438 g/mol. The van der Waals surface area contributed by atoms with Crippen LogP contribution in [0.1, 0.15) is 59.3 Å². The normalized spacial score (nSPS) is 22.7. The lowest BCUT2D eigenvalue weighted by atomic mass is 9.84. The van der Waals surface area contributed by atoms with E-state index in [4.69, 9.17) is 0 Å². The SMILES string of the molecule is CCC1CCC(NC(=NCC(=O)N(C)C)NC(C)CC)CC1.I. The Labute approximate surface area is 159 Å². The van der Waals surface area contributed by atoms with E-state index in [1.54, 1.807) is 19.0 Å². The minimum absolute atomic E-state index is 0. The Morgan fingerprint density at radius 3 is 2.30 bits per heavy atom. The van der Waals surface area contributed by atoms with Crippen LogP contribution >= 0.6 is 24.0 Å². The van der Waals surface area contributed by atoms with Crippen LogP contribution in [0, 0.1) is 5.92 Å². The summed E-state index contributed by atoms with van der Waals surface area (Å²) in [6, 6.07) is 0.834. The zero-order chi connectivity index (χ0) is 16.5. The van der Waals surface area contributed by atoms with Gasteiger partial charge in [-0.15, -0.1) is 24.0 Å². The highest BCUT2D eigenvalue weighted by Gasteiger charge is 2.21. The fraction of sp³-hybridized carbons (Fsp3) is 0.882. The molecule has 136 valence electrons. The summed E-state index contributed by atoms with van der Waals surface area (Å²) in [5.41, 5.74) is 0. The fourth-order valence-electron chi connectivity index (χ4n) is 2.66. The van der Waals surface area contributed by atoms with E-state index >= 15 is 0 Å². The molecule has 1 saturated carbocycles. The van der Waals surface area contributed by atoms with Gasteiger partial charge in [-0.25, -0.2) is 4.99 Å². The van der Waals surface area contributed by atoms with Gasteiger partial charge in [0.05, 0.1) is 0 Å². The van der Waals surface area contributed by atoms with Crippen molar-refractivity contribution in [3.63, 3.8) is 0 Å². The molecule has 0 aromatic rings. The molecule has 0 aliphatic heterocycles. The second kappa shape index (κ2) is 11.9. The molecule has 5 nitrogen and oxygen atoms in total. The van der Waals surface area contributed by atoms with Gasteiger partial charge in [-0.2, -0.15) is 0 Å². The first-order valence-electron chi connectivity index (χ1n) is 8.73. The van der Waals surface area contributed by atoms with Crippen molar-refractivity contribution in [1.29, 1.82) is 0 Å². The molecule has 0 saturated heterocycles. The quantitative estimate of drug-likeness (QED) is 0.381. The van der Waals surface area contributed by atoms with Crippen molar-refractivity contribution in [2.45, 2.75) is 71.4 Å². The van der Waals surface area contributed by atoms with Gasteiger partial charge in [0.2, 0.25) is 5.91 Å². The first-order valence-corrected chi connectivity index (χ1v) is 8.73. The van der Waals surface area contributed by atoms with Gasteiger partial charge >= 0.3 is 0 Å². The first kappa shape index (κ1) is 22.5. The molecule has 2 N–H and O–H groups in total. The van der Waals surface area contributed by atoms with Crippen LogP contribution in [0.4, 0.5) is 0 Å². The van der Waals surface area contributed by atoms with Gasteiger partial charge in [-0.3, -0.25) is 4.79 Å². The molecular formula is C17H35IN4O. The van der Waals surface area contributed by atoms with Gasteiger partial charge in [0.1, 0.15) is 6.54 Å². The maximum atomic E-state index is 11.7. The number of guanidine groups is 1. The van der Waals surface area contributed by atoms with Crippen LogP contribution in [0.2, 0.25) is 0 Å². The van der Waals surface area contributed by atoms with Gasteiger partial charge in [0.15, 0.2) is 5.96 Å². The zero-order valence-corrected chi connectivity index (χ0v) is 17.7. The van der Waals surface area contributed by atoms with Crippen molar-refractivity contribution in [3.05, 3.63) is 0 Å². The number of amides is 1. The van der Waals surface area contributed by atoms with Crippen LogP contribution in [0.25, 0.3) is 0 Å². The van der Waals surface area contributed by atoms with E-state index in [0.29, 0.717) is 12.1 Å². The van der Waals surface area contributed by atoms with Crippen molar-refractivity contribution < 1.29 is 4.79 Å². The molecule has 0 heterocycles. The molecule has 1 unspecified atom stereocenters. The minimum atomic E-state index is 0. The lowest BCUT2D eigenvalue weighted by molar-refractivity contribution is -0.127. The maximum absolute atomic E-state index is 11.7. The van der Waals surface area contributed by atoms with E-state index in [9.17, 15) is 4.79 Å². The summed E-state index contributed by atoms with van der Waals surface area (Å²) in [5.74, 6) is 1.70. The van der Waals surface area contributed by atoms with Gasteiger partial charge in [0.25, 0.3) is 0 Å². The number of aliphatic imine (C=N–C) groups is 1. The summed E-state index contributed by atoms with van der Waals surface area (Å²) in [7, 11) is 3.53. The lowest BCUT2D eigenvalue weighted by Crippen LogP contribution is -2.48. The standard InChI is InChI=1S/C17H34N4O.HI/c1-6-13(3)19-17(18-12-16(22)21(4)5)20-15-10-8-14(7-2)9-11-15;/h13-15H,6-12H2,1-5H3,(H2,18,19,20);1H. The van der Waals surface area contributed by atoms with Crippen molar-refractivity contribution in [2.75, 3.05) is 20.6 Å². The molecule has 1 atom stereocenters. The predicted octanol–water partition coefficient (Wildman–Crippen LogP) is 3.00. The summed E-state index contributed by atoms with van der Waals surface area (Å²) < 4.78 is 0. The minimum Gasteiger partial charge on any atom is -0.354 e. The summed E-state index contributed by atoms with van der Waals surface area (Å²) >= 11 is 0. The maximum Gasteiger partial charge on any atom is 0.243 e. The highest BCUT2D eigenvalue weighted by atomic mass is 127.